The minimum Gasteiger partial charge on any atom is -0.195 e. The highest BCUT2D eigenvalue weighted by molar-refractivity contribution is 7.86. The fourth-order valence-electron chi connectivity index (χ4n) is 3.31. The standard InChI is InChI=1S/C13H25ClN2O2S/c1-12-6-4-5-10-15(12)19(17,18)16(11-9-14)13-7-2-3-8-13/h12-13H,2-11H2,1H3. The lowest BCUT2D eigenvalue weighted by molar-refractivity contribution is 0.230. The van der Waals surface area contributed by atoms with E-state index in [1.807, 2.05) is 6.92 Å². The maximum absolute atomic E-state index is 12.9. The second-order valence-electron chi connectivity index (χ2n) is 5.70. The van der Waals surface area contributed by atoms with Crippen molar-refractivity contribution in [3.05, 3.63) is 0 Å². The maximum atomic E-state index is 12.9. The SMILES string of the molecule is CC1CCCCN1S(=O)(=O)N(CCCl)C1CCCC1. The molecule has 1 atom stereocenters. The lowest BCUT2D eigenvalue weighted by atomic mass is 10.1. The van der Waals surface area contributed by atoms with Crippen molar-refractivity contribution in [1.29, 1.82) is 0 Å². The molecule has 19 heavy (non-hydrogen) atoms. The predicted molar refractivity (Wildman–Crippen MR) is 78.6 cm³/mol. The summed E-state index contributed by atoms with van der Waals surface area (Å²) in [5.41, 5.74) is 0. The minimum absolute atomic E-state index is 0.123. The maximum Gasteiger partial charge on any atom is 0.282 e. The van der Waals surface area contributed by atoms with E-state index < -0.39 is 10.2 Å². The van der Waals surface area contributed by atoms with Gasteiger partial charge in [-0.05, 0) is 32.6 Å². The predicted octanol–water partition coefficient (Wildman–Crippen LogP) is 2.59. The molecule has 1 heterocycles. The van der Waals surface area contributed by atoms with Crippen LogP contribution >= 0.6 is 11.6 Å². The van der Waals surface area contributed by atoms with Gasteiger partial charge in [-0.1, -0.05) is 19.3 Å². The van der Waals surface area contributed by atoms with E-state index >= 15 is 0 Å². The van der Waals surface area contributed by atoms with Gasteiger partial charge in [0.2, 0.25) is 0 Å². The number of rotatable bonds is 5. The molecular weight excluding hydrogens is 284 g/mol. The molecule has 0 aromatic carbocycles. The summed E-state index contributed by atoms with van der Waals surface area (Å²) in [6, 6.07) is 0.288. The largest absolute Gasteiger partial charge is 0.282 e. The highest BCUT2D eigenvalue weighted by atomic mass is 35.5. The van der Waals surface area contributed by atoms with Crippen molar-refractivity contribution < 1.29 is 8.42 Å². The zero-order valence-corrected chi connectivity index (χ0v) is 13.3. The zero-order valence-electron chi connectivity index (χ0n) is 11.7. The van der Waals surface area contributed by atoms with E-state index in [1.165, 1.54) is 0 Å². The molecule has 112 valence electrons. The molecule has 6 heteroatoms. The summed E-state index contributed by atoms with van der Waals surface area (Å²) in [6.07, 6.45) is 7.31. The summed E-state index contributed by atoms with van der Waals surface area (Å²) in [4.78, 5) is 0. The van der Waals surface area contributed by atoms with Crippen LogP contribution < -0.4 is 0 Å². The lowest BCUT2D eigenvalue weighted by Crippen LogP contribution is -2.52. The minimum atomic E-state index is -3.34. The Bertz CT molecular complexity index is 382. The normalized spacial score (nSPS) is 27.2. The second kappa shape index (κ2) is 6.74. The van der Waals surface area contributed by atoms with Gasteiger partial charge in [-0.2, -0.15) is 17.0 Å². The smallest absolute Gasteiger partial charge is 0.195 e. The lowest BCUT2D eigenvalue weighted by Gasteiger charge is -2.38. The molecule has 2 rings (SSSR count). The van der Waals surface area contributed by atoms with Gasteiger partial charge in [-0.25, -0.2) is 0 Å². The fraction of sp³-hybridized carbons (Fsp3) is 1.00. The third-order valence-corrected chi connectivity index (χ3v) is 6.75. The van der Waals surface area contributed by atoms with E-state index in [-0.39, 0.29) is 12.1 Å². The molecule has 0 radical (unpaired) electrons. The van der Waals surface area contributed by atoms with Crippen LogP contribution in [0.4, 0.5) is 0 Å². The van der Waals surface area contributed by atoms with E-state index in [0.29, 0.717) is 19.0 Å². The summed E-state index contributed by atoms with van der Waals surface area (Å²) >= 11 is 5.83. The monoisotopic (exact) mass is 308 g/mol. The third-order valence-electron chi connectivity index (χ3n) is 4.37. The Balaban J connectivity index is 2.17. The highest BCUT2D eigenvalue weighted by Gasteiger charge is 2.38. The van der Waals surface area contributed by atoms with Gasteiger partial charge in [0.05, 0.1) is 0 Å². The molecule has 0 bridgehead atoms. The van der Waals surface area contributed by atoms with Crippen molar-refractivity contribution in [3.8, 4) is 0 Å². The number of halogens is 1. The summed E-state index contributed by atoms with van der Waals surface area (Å²) < 4.78 is 29.1. The Hall–Kier alpha value is 0.160. The van der Waals surface area contributed by atoms with Crippen molar-refractivity contribution >= 4 is 21.8 Å². The Labute approximate surface area is 122 Å². The number of piperidine rings is 1. The van der Waals surface area contributed by atoms with E-state index in [4.69, 9.17) is 11.6 Å². The van der Waals surface area contributed by atoms with Crippen LogP contribution in [0.3, 0.4) is 0 Å². The molecule has 1 unspecified atom stereocenters. The first-order chi connectivity index (χ1) is 9.07. The molecule has 0 aromatic heterocycles. The Kier molecular flexibility index (Phi) is 5.52. The number of alkyl halides is 1. The molecule has 1 saturated carbocycles. The van der Waals surface area contributed by atoms with E-state index in [0.717, 1.165) is 44.9 Å². The average Bonchev–Trinajstić information content (AvgIpc) is 2.89. The molecule has 0 spiro atoms. The Morgan fingerprint density at radius 1 is 1.16 bits per heavy atom. The topological polar surface area (TPSA) is 40.6 Å². The molecule has 2 aliphatic rings. The molecule has 0 aromatic rings. The van der Waals surface area contributed by atoms with Crippen LogP contribution in [0.5, 0.6) is 0 Å². The zero-order chi connectivity index (χ0) is 13.9. The molecule has 1 aliphatic heterocycles. The van der Waals surface area contributed by atoms with Crippen LogP contribution in [0.2, 0.25) is 0 Å². The summed E-state index contributed by atoms with van der Waals surface area (Å²) in [5.74, 6) is 0.373. The van der Waals surface area contributed by atoms with E-state index in [9.17, 15) is 8.42 Å². The molecule has 2 fully saturated rings. The first kappa shape index (κ1) is 15.5. The van der Waals surface area contributed by atoms with Crippen molar-refractivity contribution in [1.82, 2.24) is 8.61 Å². The van der Waals surface area contributed by atoms with Gasteiger partial charge in [0.1, 0.15) is 0 Å². The Morgan fingerprint density at radius 2 is 1.79 bits per heavy atom. The van der Waals surface area contributed by atoms with Crippen molar-refractivity contribution in [2.24, 2.45) is 0 Å². The quantitative estimate of drug-likeness (QED) is 0.733. The van der Waals surface area contributed by atoms with Crippen molar-refractivity contribution in [3.63, 3.8) is 0 Å². The summed E-state index contributed by atoms with van der Waals surface area (Å²) in [5, 5.41) is 0. The average molecular weight is 309 g/mol. The van der Waals surface area contributed by atoms with E-state index in [1.54, 1.807) is 8.61 Å². The molecule has 1 saturated heterocycles. The molecule has 1 aliphatic carbocycles. The van der Waals surface area contributed by atoms with Crippen LogP contribution in [0.1, 0.15) is 51.9 Å². The highest BCUT2D eigenvalue weighted by Crippen LogP contribution is 2.29. The van der Waals surface area contributed by atoms with Crippen LogP contribution in [0, 0.1) is 0 Å². The summed E-state index contributed by atoms with van der Waals surface area (Å²) in [6.45, 7) is 3.12. The molecule has 0 amide bonds. The first-order valence-electron chi connectivity index (χ1n) is 7.42. The van der Waals surface area contributed by atoms with Gasteiger partial charge in [0.25, 0.3) is 10.2 Å². The van der Waals surface area contributed by atoms with Crippen LogP contribution in [0.15, 0.2) is 0 Å². The molecular formula is C13H25ClN2O2S. The van der Waals surface area contributed by atoms with Gasteiger partial charge >= 0.3 is 0 Å². The van der Waals surface area contributed by atoms with E-state index in [2.05, 4.69) is 0 Å². The number of hydrogen-bond donors (Lipinski definition) is 0. The number of nitrogens with zero attached hydrogens (tertiary/aromatic N) is 2. The van der Waals surface area contributed by atoms with Gasteiger partial charge in [0.15, 0.2) is 0 Å². The first-order valence-corrected chi connectivity index (χ1v) is 9.35. The van der Waals surface area contributed by atoms with Crippen molar-refractivity contribution in [2.75, 3.05) is 19.0 Å². The number of hydrogen-bond acceptors (Lipinski definition) is 2. The van der Waals surface area contributed by atoms with Crippen LogP contribution in [-0.4, -0.2) is 48.1 Å². The summed E-state index contributed by atoms with van der Waals surface area (Å²) in [7, 11) is -3.34. The fourth-order valence-corrected chi connectivity index (χ4v) is 5.69. The van der Waals surface area contributed by atoms with Gasteiger partial charge in [-0.3, -0.25) is 0 Å². The van der Waals surface area contributed by atoms with Gasteiger partial charge in [0, 0.05) is 31.1 Å². The van der Waals surface area contributed by atoms with Crippen LogP contribution in [0.25, 0.3) is 0 Å². The molecule has 4 nitrogen and oxygen atoms in total. The third kappa shape index (κ3) is 3.43. The van der Waals surface area contributed by atoms with Gasteiger partial charge < -0.3 is 0 Å². The Morgan fingerprint density at radius 3 is 2.37 bits per heavy atom. The van der Waals surface area contributed by atoms with Crippen LogP contribution in [-0.2, 0) is 10.2 Å². The second-order valence-corrected chi connectivity index (χ2v) is 7.91. The van der Waals surface area contributed by atoms with Crippen molar-refractivity contribution in [2.45, 2.75) is 64.0 Å². The van der Waals surface area contributed by atoms with Gasteiger partial charge in [-0.15, -0.1) is 11.6 Å². The molecule has 0 N–H and O–H groups in total.